The topological polar surface area (TPSA) is 93.7 Å². The summed E-state index contributed by atoms with van der Waals surface area (Å²) in [6.07, 6.45) is 0. The molecule has 0 spiro atoms. The van der Waals surface area contributed by atoms with Gasteiger partial charge in [0.1, 0.15) is 11.5 Å². The van der Waals surface area contributed by atoms with Gasteiger partial charge in [-0.1, -0.05) is 12.1 Å². The molecule has 3 rings (SSSR count). The highest BCUT2D eigenvalue weighted by Crippen LogP contribution is 2.22. The molecule has 0 aliphatic heterocycles. The highest BCUT2D eigenvalue weighted by atomic mass is 32.2. The lowest BCUT2D eigenvalue weighted by Gasteiger charge is -2.11. The first kappa shape index (κ1) is 22.2. The zero-order valence-electron chi connectivity index (χ0n) is 17.5. The Labute approximate surface area is 182 Å². The maximum Gasteiger partial charge on any atom is 0.262 e. The molecule has 0 atom stereocenters. The van der Waals surface area contributed by atoms with Gasteiger partial charge in [0.25, 0.3) is 15.9 Å². The summed E-state index contributed by atoms with van der Waals surface area (Å²) in [4.78, 5) is 12.2. The number of sulfonamides is 1. The van der Waals surface area contributed by atoms with Crippen molar-refractivity contribution >= 4 is 27.3 Å². The summed E-state index contributed by atoms with van der Waals surface area (Å²) in [5.41, 5.74) is 3.31. The zero-order chi connectivity index (χ0) is 22.4. The van der Waals surface area contributed by atoms with Gasteiger partial charge in [-0.3, -0.25) is 9.52 Å². The maximum absolute atomic E-state index is 12.6. The number of hydrogen-bond acceptors (Lipinski definition) is 5. The minimum atomic E-state index is -3.78. The van der Waals surface area contributed by atoms with Crippen LogP contribution in [0.3, 0.4) is 0 Å². The first-order chi connectivity index (χ1) is 14.8. The molecule has 2 N–H and O–H groups in total. The minimum Gasteiger partial charge on any atom is -0.497 e. The molecule has 8 heteroatoms. The van der Waals surface area contributed by atoms with Crippen molar-refractivity contribution in [3.8, 4) is 11.5 Å². The van der Waals surface area contributed by atoms with E-state index in [9.17, 15) is 13.2 Å². The molecule has 162 valence electrons. The van der Waals surface area contributed by atoms with E-state index in [1.165, 1.54) is 31.4 Å². The van der Waals surface area contributed by atoms with Crippen LogP contribution in [0.15, 0.2) is 71.6 Å². The Morgan fingerprint density at radius 2 is 1.61 bits per heavy atom. The fraction of sp³-hybridized carbons (Fsp3) is 0.174. The van der Waals surface area contributed by atoms with Gasteiger partial charge in [-0.2, -0.15) is 0 Å². The molecule has 3 aromatic carbocycles. The number of methoxy groups -OCH3 is 1. The van der Waals surface area contributed by atoms with Crippen molar-refractivity contribution in [1.82, 2.24) is 0 Å². The SMILES string of the molecule is COc1cccc(NS(=O)(=O)c2ccc(OCC(=O)Nc3ccc(C)c(C)c3)cc2)c1. The van der Waals surface area contributed by atoms with E-state index in [1.54, 1.807) is 24.3 Å². The minimum absolute atomic E-state index is 0.0715. The van der Waals surface area contributed by atoms with Gasteiger partial charge in [0.2, 0.25) is 0 Å². The van der Waals surface area contributed by atoms with Gasteiger partial charge in [0, 0.05) is 11.8 Å². The van der Waals surface area contributed by atoms with Gasteiger partial charge in [-0.15, -0.1) is 0 Å². The summed E-state index contributed by atoms with van der Waals surface area (Å²) in [7, 11) is -2.27. The molecule has 3 aromatic rings. The third-order valence-corrected chi connectivity index (χ3v) is 6.01. The number of amides is 1. The first-order valence-electron chi connectivity index (χ1n) is 9.54. The number of rotatable bonds is 8. The van der Waals surface area contributed by atoms with Crippen molar-refractivity contribution in [3.05, 3.63) is 77.9 Å². The van der Waals surface area contributed by atoms with Crippen molar-refractivity contribution in [2.75, 3.05) is 23.8 Å². The van der Waals surface area contributed by atoms with E-state index in [4.69, 9.17) is 9.47 Å². The van der Waals surface area contributed by atoms with E-state index < -0.39 is 10.0 Å². The van der Waals surface area contributed by atoms with Crippen LogP contribution in [0.4, 0.5) is 11.4 Å². The normalized spacial score (nSPS) is 10.9. The molecule has 7 nitrogen and oxygen atoms in total. The number of nitrogens with one attached hydrogen (secondary N) is 2. The van der Waals surface area contributed by atoms with E-state index >= 15 is 0 Å². The molecule has 0 heterocycles. The van der Waals surface area contributed by atoms with Crippen molar-refractivity contribution < 1.29 is 22.7 Å². The Balaban J connectivity index is 1.58. The van der Waals surface area contributed by atoms with Gasteiger partial charge in [0.05, 0.1) is 17.7 Å². The Bertz CT molecular complexity index is 1170. The molecule has 0 radical (unpaired) electrons. The summed E-state index contributed by atoms with van der Waals surface area (Å²) in [5, 5.41) is 2.77. The van der Waals surface area contributed by atoms with Gasteiger partial charge < -0.3 is 14.8 Å². The number of hydrogen-bond donors (Lipinski definition) is 2. The van der Waals surface area contributed by atoms with Crippen LogP contribution < -0.4 is 19.5 Å². The summed E-state index contributed by atoms with van der Waals surface area (Å²) in [6, 6.07) is 18.1. The molecule has 0 aliphatic rings. The molecule has 1 amide bonds. The number of aryl methyl sites for hydroxylation is 2. The van der Waals surface area contributed by atoms with Crippen LogP contribution >= 0.6 is 0 Å². The summed E-state index contributed by atoms with van der Waals surface area (Å²) in [6.45, 7) is 3.78. The van der Waals surface area contributed by atoms with Crippen molar-refractivity contribution in [1.29, 1.82) is 0 Å². The van der Waals surface area contributed by atoms with Crippen LogP contribution in [0.25, 0.3) is 0 Å². The zero-order valence-corrected chi connectivity index (χ0v) is 18.3. The van der Waals surface area contributed by atoms with Gasteiger partial charge in [-0.05, 0) is 73.5 Å². The van der Waals surface area contributed by atoms with Gasteiger partial charge >= 0.3 is 0 Å². The molecule has 0 aromatic heterocycles. The average molecular weight is 441 g/mol. The highest BCUT2D eigenvalue weighted by Gasteiger charge is 2.15. The second kappa shape index (κ2) is 9.53. The largest absolute Gasteiger partial charge is 0.497 e. The Kier molecular flexibility index (Phi) is 6.81. The number of ether oxygens (including phenoxy) is 2. The number of carbonyl (C=O) groups excluding carboxylic acids is 1. The van der Waals surface area contributed by atoms with Crippen molar-refractivity contribution in [2.45, 2.75) is 18.7 Å². The van der Waals surface area contributed by atoms with E-state index in [1.807, 2.05) is 32.0 Å². The quantitative estimate of drug-likeness (QED) is 0.549. The first-order valence-corrected chi connectivity index (χ1v) is 11.0. The number of carbonyl (C=O) groups is 1. The smallest absolute Gasteiger partial charge is 0.262 e. The van der Waals surface area contributed by atoms with Crippen molar-refractivity contribution in [3.63, 3.8) is 0 Å². The molecule has 0 fully saturated rings. The standard InChI is InChI=1S/C23H24N2O5S/c1-16-7-8-18(13-17(16)2)24-23(26)15-30-20-9-11-22(12-10-20)31(27,28)25-19-5-4-6-21(14-19)29-3/h4-14,25H,15H2,1-3H3,(H,24,26). The van der Waals surface area contributed by atoms with Crippen LogP contribution in [0.1, 0.15) is 11.1 Å². The predicted molar refractivity (Wildman–Crippen MR) is 120 cm³/mol. The molecule has 0 bridgehead atoms. The third kappa shape index (κ3) is 5.99. The van der Waals surface area contributed by atoms with Gasteiger partial charge in [-0.25, -0.2) is 8.42 Å². The lowest BCUT2D eigenvalue weighted by Crippen LogP contribution is -2.20. The molecule has 0 aliphatic carbocycles. The number of anilines is 2. The predicted octanol–water partition coefficient (Wildman–Crippen LogP) is 4.13. The molecule has 31 heavy (non-hydrogen) atoms. The summed E-state index contributed by atoms with van der Waals surface area (Å²) in [5.74, 6) is 0.623. The fourth-order valence-corrected chi connectivity index (χ4v) is 3.83. The molecular formula is C23H24N2O5S. The molecular weight excluding hydrogens is 416 g/mol. The Morgan fingerprint density at radius 1 is 0.871 bits per heavy atom. The molecule has 0 saturated heterocycles. The molecule has 0 saturated carbocycles. The van der Waals surface area contributed by atoms with Crippen LogP contribution in [0.2, 0.25) is 0 Å². The van der Waals surface area contributed by atoms with E-state index in [0.717, 1.165) is 11.1 Å². The van der Waals surface area contributed by atoms with Crippen LogP contribution in [-0.2, 0) is 14.8 Å². The highest BCUT2D eigenvalue weighted by molar-refractivity contribution is 7.92. The average Bonchev–Trinajstić information content (AvgIpc) is 2.75. The number of benzene rings is 3. The van der Waals surface area contributed by atoms with E-state index in [-0.39, 0.29) is 17.4 Å². The van der Waals surface area contributed by atoms with Gasteiger partial charge in [0.15, 0.2) is 6.61 Å². The Hall–Kier alpha value is -3.52. The third-order valence-electron chi connectivity index (χ3n) is 4.62. The second-order valence-corrected chi connectivity index (χ2v) is 8.63. The summed E-state index contributed by atoms with van der Waals surface area (Å²) >= 11 is 0. The monoisotopic (exact) mass is 440 g/mol. The molecule has 0 unspecified atom stereocenters. The summed E-state index contributed by atoms with van der Waals surface area (Å²) < 4.78 is 38.2. The fourth-order valence-electron chi connectivity index (χ4n) is 2.78. The Morgan fingerprint density at radius 3 is 2.29 bits per heavy atom. The van der Waals surface area contributed by atoms with Crippen LogP contribution in [0, 0.1) is 13.8 Å². The second-order valence-electron chi connectivity index (χ2n) is 6.94. The van der Waals surface area contributed by atoms with E-state index in [0.29, 0.717) is 22.9 Å². The van der Waals surface area contributed by atoms with Crippen LogP contribution in [0.5, 0.6) is 11.5 Å². The lowest BCUT2D eigenvalue weighted by molar-refractivity contribution is -0.118. The van der Waals surface area contributed by atoms with Crippen molar-refractivity contribution in [2.24, 2.45) is 0 Å². The maximum atomic E-state index is 12.6. The lowest BCUT2D eigenvalue weighted by atomic mass is 10.1. The van der Waals surface area contributed by atoms with Crippen LogP contribution in [-0.4, -0.2) is 28.0 Å². The van der Waals surface area contributed by atoms with E-state index in [2.05, 4.69) is 10.0 Å².